The molecule has 3 N–H and O–H groups in total. The Labute approximate surface area is 275 Å². The first kappa shape index (κ1) is 34.7. The van der Waals surface area contributed by atoms with Crippen LogP contribution in [0.1, 0.15) is 38.8 Å². The summed E-state index contributed by atoms with van der Waals surface area (Å²) in [7, 11) is -10.8. The van der Waals surface area contributed by atoms with Gasteiger partial charge in [0.15, 0.2) is 5.71 Å². The number of nitrogen functional groups attached to an aromatic ring is 1. The van der Waals surface area contributed by atoms with Gasteiger partial charge < -0.3 is 15.2 Å². The number of nitrogens with two attached hydrogens (primary N) is 1. The van der Waals surface area contributed by atoms with E-state index in [1.807, 2.05) is 52.0 Å². The third kappa shape index (κ3) is 6.99. The normalized spacial score (nSPS) is 13.3. The molecule has 1 aliphatic rings. The quantitative estimate of drug-likeness (QED) is 0.119. The number of nitrogens with zero attached hydrogens (tertiary/aromatic N) is 2. The fourth-order valence-electron chi connectivity index (χ4n) is 5.40. The average molecular weight is 632 g/mol. The van der Waals surface area contributed by atoms with Gasteiger partial charge in [0.05, 0.1) is 4.90 Å². The van der Waals surface area contributed by atoms with Crippen molar-refractivity contribution < 1.29 is 60.1 Å². The van der Waals surface area contributed by atoms with Crippen LogP contribution in [0.25, 0.3) is 16.3 Å². The van der Waals surface area contributed by atoms with Crippen LogP contribution < -0.4 is 40.2 Å². The molecule has 9 nitrogen and oxygen atoms in total. The van der Waals surface area contributed by atoms with Gasteiger partial charge in [0.2, 0.25) is 0 Å². The summed E-state index contributed by atoms with van der Waals surface area (Å²) in [5.41, 5.74) is 8.68. The van der Waals surface area contributed by atoms with E-state index in [1.54, 1.807) is 24.3 Å². The van der Waals surface area contributed by atoms with Crippen molar-refractivity contribution in [2.24, 2.45) is 0 Å². The van der Waals surface area contributed by atoms with E-state index >= 15 is 0 Å². The number of anilines is 2. The zero-order valence-corrected chi connectivity index (χ0v) is 28.6. The Morgan fingerprint density at radius 3 is 1.98 bits per heavy atom. The third-order valence-electron chi connectivity index (χ3n) is 7.43. The van der Waals surface area contributed by atoms with Gasteiger partial charge in [-0.1, -0.05) is 12.1 Å². The summed E-state index contributed by atoms with van der Waals surface area (Å²) in [6.07, 6.45) is 7.38. The van der Waals surface area contributed by atoms with E-state index in [1.165, 1.54) is 18.2 Å². The van der Waals surface area contributed by atoms with Crippen LogP contribution in [0, 0.1) is 6.07 Å². The molecule has 0 fully saturated rings. The van der Waals surface area contributed by atoms with Gasteiger partial charge in [0, 0.05) is 36.6 Å². The zero-order chi connectivity index (χ0) is 30.8. The molecular formula is C31H34N3NaO6S2. The van der Waals surface area contributed by atoms with Crippen LogP contribution in [0.5, 0.6) is 0 Å². The first-order chi connectivity index (χ1) is 19.9. The number of hydrogen-bond acceptors (Lipinski definition) is 7. The van der Waals surface area contributed by atoms with E-state index in [0.29, 0.717) is 16.7 Å². The van der Waals surface area contributed by atoms with Crippen LogP contribution in [0.15, 0.2) is 82.1 Å². The van der Waals surface area contributed by atoms with Crippen LogP contribution in [-0.4, -0.2) is 62.4 Å². The Kier molecular flexibility index (Phi) is 11.2. The Morgan fingerprint density at radius 1 is 0.907 bits per heavy atom. The first-order valence-electron chi connectivity index (χ1n) is 13.6. The molecule has 0 aromatic heterocycles. The molecule has 12 heteroatoms. The van der Waals surface area contributed by atoms with Gasteiger partial charge >= 0.3 is 29.6 Å². The molecule has 0 saturated heterocycles. The van der Waals surface area contributed by atoms with E-state index in [4.69, 9.17) is 5.73 Å². The number of allylic oxidation sites excluding steroid dienone is 5. The minimum Gasteiger partial charge on any atom is -0.744 e. The fourth-order valence-corrected chi connectivity index (χ4v) is 7.55. The first-order valence-corrected chi connectivity index (χ1v) is 16.5. The Balaban J connectivity index is 0.00000506. The topological polar surface area (TPSA) is 144 Å². The molecule has 0 radical (unpaired) electrons. The SMILES string of the molecule is CCN(CC)c1ccc(C(=C2C=CC(=[N+](CC)CC)C=C2)c2c(S(=O)(=O)O)c(S(=O)(=O)[O-])c(N)c3c[c-]ccc23)cc1.[Na+]. The van der Waals surface area contributed by atoms with Gasteiger partial charge in [-0.2, -0.15) is 32.7 Å². The number of hydrogen-bond donors (Lipinski definition) is 2. The van der Waals surface area contributed by atoms with Gasteiger partial charge in [-0.05, 0) is 74.3 Å². The third-order valence-corrected chi connectivity index (χ3v) is 9.41. The van der Waals surface area contributed by atoms with Crippen LogP contribution >= 0.6 is 0 Å². The van der Waals surface area contributed by atoms with E-state index in [-0.39, 0.29) is 45.9 Å². The van der Waals surface area contributed by atoms with Crippen molar-refractivity contribution in [3.05, 3.63) is 89.5 Å². The molecular weight excluding hydrogens is 597 g/mol. The largest absolute Gasteiger partial charge is 1.00 e. The molecule has 0 aliphatic heterocycles. The van der Waals surface area contributed by atoms with Crippen molar-refractivity contribution in [3.8, 4) is 0 Å². The summed E-state index contributed by atoms with van der Waals surface area (Å²) in [5, 5.41) is 0.355. The number of benzene rings is 3. The summed E-state index contributed by atoms with van der Waals surface area (Å²) in [6, 6.07) is 14.6. The molecule has 0 saturated carbocycles. The Hall–Kier alpha value is -2.77. The van der Waals surface area contributed by atoms with E-state index in [0.717, 1.165) is 37.6 Å². The minimum atomic E-state index is -5.46. The predicted octanol–water partition coefficient (Wildman–Crippen LogP) is 1.64. The van der Waals surface area contributed by atoms with Crippen LogP contribution in [0.3, 0.4) is 0 Å². The molecule has 222 valence electrons. The smallest absolute Gasteiger partial charge is 0.744 e. The maximum Gasteiger partial charge on any atom is 1.00 e. The molecule has 3 aromatic carbocycles. The molecule has 4 rings (SSSR count). The Morgan fingerprint density at radius 2 is 1.49 bits per heavy atom. The van der Waals surface area contributed by atoms with Gasteiger partial charge in [-0.15, -0.1) is 10.8 Å². The molecule has 1 aliphatic carbocycles. The number of fused-ring (bicyclic) bond motifs is 1. The molecule has 0 unspecified atom stereocenters. The summed E-state index contributed by atoms with van der Waals surface area (Å²) in [4.78, 5) is -0.101. The Bertz CT molecular complexity index is 1850. The second-order valence-corrected chi connectivity index (χ2v) is 12.3. The minimum absolute atomic E-state index is 0. The van der Waals surface area contributed by atoms with Crippen molar-refractivity contribution in [1.82, 2.24) is 0 Å². The summed E-state index contributed by atoms with van der Waals surface area (Å²) in [6.45, 7) is 11.2. The zero-order valence-electron chi connectivity index (χ0n) is 25.0. The summed E-state index contributed by atoms with van der Waals surface area (Å²) in [5.74, 6) is 0. The van der Waals surface area contributed by atoms with Crippen LogP contribution in [0.4, 0.5) is 11.4 Å². The predicted molar refractivity (Wildman–Crippen MR) is 166 cm³/mol. The van der Waals surface area contributed by atoms with Crippen LogP contribution in [-0.2, 0) is 20.2 Å². The van der Waals surface area contributed by atoms with E-state index in [9.17, 15) is 25.9 Å². The average Bonchev–Trinajstić information content (AvgIpc) is 2.96. The summed E-state index contributed by atoms with van der Waals surface area (Å²) >= 11 is 0. The van der Waals surface area contributed by atoms with Crippen molar-refractivity contribution in [3.63, 3.8) is 0 Å². The fraction of sp³-hybridized carbons (Fsp3) is 0.258. The van der Waals surface area contributed by atoms with Gasteiger partial charge in [-0.3, -0.25) is 4.55 Å². The molecule has 43 heavy (non-hydrogen) atoms. The van der Waals surface area contributed by atoms with E-state index in [2.05, 4.69) is 15.5 Å². The van der Waals surface area contributed by atoms with Crippen molar-refractivity contribution in [2.45, 2.75) is 37.5 Å². The van der Waals surface area contributed by atoms with Crippen molar-refractivity contribution in [2.75, 3.05) is 36.8 Å². The maximum absolute atomic E-state index is 13.0. The second-order valence-electron chi connectivity index (χ2n) is 9.66. The number of rotatable bonds is 9. The standard InChI is InChI=1S/C31H34N3O6S2.Na/c1-5-33(6-2)23-17-13-21(14-18-23)27(22-15-19-24(20-16-22)34(7-3)8-4)28-25-11-9-10-12-26(25)29(32)31(42(38,39)40)30(28)41(35,36)37;/h9,11-20,32H,5-8H2,1-4H3,(H2,35,36,37,38,39,40);/q-1;+1. The molecule has 0 spiro atoms. The van der Waals surface area contributed by atoms with E-state index < -0.39 is 35.7 Å². The molecule has 0 bridgehead atoms. The van der Waals surface area contributed by atoms with Gasteiger partial charge in [-0.25, -0.2) is 13.0 Å². The monoisotopic (exact) mass is 631 g/mol. The molecule has 0 heterocycles. The van der Waals surface area contributed by atoms with Gasteiger partial charge in [0.25, 0.3) is 10.1 Å². The second kappa shape index (κ2) is 13.9. The molecule has 0 atom stereocenters. The summed E-state index contributed by atoms with van der Waals surface area (Å²) < 4.78 is 76.2. The van der Waals surface area contributed by atoms with Gasteiger partial charge in [0.1, 0.15) is 28.1 Å². The molecule has 3 aromatic rings. The van der Waals surface area contributed by atoms with Crippen molar-refractivity contribution >= 4 is 53.7 Å². The van der Waals surface area contributed by atoms with Crippen LogP contribution in [0.2, 0.25) is 0 Å². The van der Waals surface area contributed by atoms with Crippen molar-refractivity contribution in [1.29, 1.82) is 0 Å². The molecule has 0 amide bonds. The maximum atomic E-state index is 13.0.